The van der Waals surface area contributed by atoms with Crippen LogP contribution in [0.1, 0.15) is 57.2 Å². The van der Waals surface area contributed by atoms with Crippen molar-refractivity contribution in [2.24, 2.45) is 0 Å². The Kier molecular flexibility index (Phi) is 7.76. The highest BCUT2D eigenvalue weighted by atomic mass is 19.1. The van der Waals surface area contributed by atoms with E-state index in [9.17, 15) is 18.4 Å². The second-order valence-corrected chi connectivity index (χ2v) is 8.54. The molecule has 0 aliphatic heterocycles. The normalized spacial score (nSPS) is 14.3. The Balaban J connectivity index is 2.23. The molecule has 0 radical (unpaired) electrons. The quantitative estimate of drug-likeness (QED) is 0.632. The van der Waals surface area contributed by atoms with Crippen molar-refractivity contribution in [1.82, 2.24) is 5.32 Å². The lowest BCUT2D eigenvalue weighted by molar-refractivity contribution is -0.150. The third kappa shape index (κ3) is 7.05. The molecule has 31 heavy (non-hydrogen) atoms. The van der Waals surface area contributed by atoms with E-state index < -0.39 is 41.5 Å². The van der Waals surface area contributed by atoms with Crippen molar-refractivity contribution in [2.75, 3.05) is 0 Å². The van der Waals surface area contributed by atoms with Gasteiger partial charge in [0.1, 0.15) is 29.4 Å². The molecule has 2 aromatic carbocycles. The number of benzene rings is 2. The maximum Gasteiger partial charge on any atom is 0.408 e. The van der Waals surface area contributed by atoms with Crippen molar-refractivity contribution in [3.63, 3.8) is 0 Å². The molecule has 2 aromatic rings. The summed E-state index contributed by atoms with van der Waals surface area (Å²) in [7, 11) is 0. The van der Waals surface area contributed by atoms with Gasteiger partial charge in [0.2, 0.25) is 0 Å². The first-order chi connectivity index (χ1) is 14.4. The van der Waals surface area contributed by atoms with E-state index in [1.54, 1.807) is 52.8 Å². The van der Waals surface area contributed by atoms with Gasteiger partial charge in [0, 0.05) is 5.92 Å². The first-order valence-electron chi connectivity index (χ1n) is 10.1. The van der Waals surface area contributed by atoms with Crippen LogP contribution < -0.4 is 5.32 Å². The van der Waals surface area contributed by atoms with Crippen molar-refractivity contribution in [2.45, 2.75) is 65.2 Å². The third-order valence-electron chi connectivity index (χ3n) is 4.65. The molecule has 0 bridgehead atoms. The number of rotatable bonds is 6. The molecule has 0 spiro atoms. The zero-order valence-corrected chi connectivity index (χ0v) is 18.7. The average molecular weight is 433 g/mol. The van der Waals surface area contributed by atoms with Crippen molar-refractivity contribution < 1.29 is 27.8 Å². The fourth-order valence-corrected chi connectivity index (χ4v) is 3.26. The van der Waals surface area contributed by atoms with Gasteiger partial charge >= 0.3 is 12.1 Å². The van der Waals surface area contributed by atoms with E-state index in [4.69, 9.17) is 9.47 Å². The van der Waals surface area contributed by atoms with Crippen molar-refractivity contribution in [3.05, 3.63) is 70.8 Å². The Morgan fingerprint density at radius 1 is 0.968 bits per heavy atom. The number of nitrogens with one attached hydrogen (secondary N) is 1. The molecule has 0 aromatic heterocycles. The molecule has 0 saturated carbocycles. The van der Waals surface area contributed by atoms with Gasteiger partial charge in [-0.05, 0) is 82.5 Å². The zero-order valence-electron chi connectivity index (χ0n) is 18.7. The number of amides is 1. The lowest BCUT2D eigenvalue weighted by Gasteiger charge is -2.28. The Hall–Kier alpha value is -2.96. The summed E-state index contributed by atoms with van der Waals surface area (Å²) in [6.07, 6.45) is -1.40. The minimum Gasteiger partial charge on any atom is -0.460 e. The summed E-state index contributed by atoms with van der Waals surface area (Å²) in [4.78, 5) is 24.5. The molecule has 3 atom stereocenters. The van der Waals surface area contributed by atoms with Gasteiger partial charge in [-0.25, -0.2) is 18.4 Å². The summed E-state index contributed by atoms with van der Waals surface area (Å²) in [6, 6.07) is 9.27. The van der Waals surface area contributed by atoms with Gasteiger partial charge in [-0.15, -0.1) is 0 Å². The Bertz CT molecular complexity index is 922. The number of halogens is 2. The van der Waals surface area contributed by atoms with E-state index >= 15 is 0 Å². The molecule has 2 rings (SSSR count). The van der Waals surface area contributed by atoms with Crippen LogP contribution in [0, 0.1) is 18.6 Å². The second-order valence-electron chi connectivity index (χ2n) is 8.54. The third-order valence-corrected chi connectivity index (χ3v) is 4.65. The van der Waals surface area contributed by atoms with Crippen LogP contribution >= 0.6 is 0 Å². The molecule has 7 heteroatoms. The first-order valence-corrected chi connectivity index (χ1v) is 10.1. The number of alkyl carbamates (subject to hydrolysis) is 1. The number of carbonyl (C=O) groups excluding carboxylic acids is 2. The molecule has 1 N–H and O–H groups in total. The predicted octanol–water partition coefficient (Wildman–Crippen LogP) is 5.25. The maximum absolute atomic E-state index is 13.6. The Labute approximate surface area is 181 Å². The van der Waals surface area contributed by atoms with Crippen LogP contribution in [0.25, 0.3) is 0 Å². The fraction of sp³-hybridized carbons (Fsp3) is 0.417. The van der Waals surface area contributed by atoms with Gasteiger partial charge in [-0.1, -0.05) is 18.2 Å². The molecule has 0 aliphatic carbocycles. The van der Waals surface area contributed by atoms with Gasteiger partial charge in [0.15, 0.2) is 0 Å². The smallest absolute Gasteiger partial charge is 0.408 e. The molecule has 0 unspecified atom stereocenters. The molecule has 168 valence electrons. The van der Waals surface area contributed by atoms with E-state index in [0.29, 0.717) is 11.1 Å². The number of aryl methyl sites for hydroxylation is 1. The minimum atomic E-state index is -0.944. The summed E-state index contributed by atoms with van der Waals surface area (Å²) < 4.78 is 37.9. The largest absolute Gasteiger partial charge is 0.460 e. The summed E-state index contributed by atoms with van der Waals surface area (Å²) >= 11 is 0. The van der Waals surface area contributed by atoms with Crippen molar-refractivity contribution in [1.29, 1.82) is 0 Å². The van der Waals surface area contributed by atoms with E-state index in [-0.39, 0.29) is 5.82 Å². The van der Waals surface area contributed by atoms with Crippen molar-refractivity contribution in [3.8, 4) is 0 Å². The van der Waals surface area contributed by atoms with E-state index in [2.05, 4.69) is 5.32 Å². The van der Waals surface area contributed by atoms with E-state index in [0.717, 1.165) is 5.56 Å². The summed E-state index contributed by atoms with van der Waals surface area (Å²) in [5.41, 5.74) is 1.44. The molecule has 5 nitrogen and oxygen atoms in total. The molecule has 0 aliphatic rings. The fourth-order valence-electron chi connectivity index (χ4n) is 3.26. The lowest BCUT2D eigenvalue weighted by atomic mass is 9.84. The van der Waals surface area contributed by atoms with Gasteiger partial charge in [-0.3, -0.25) is 0 Å². The van der Waals surface area contributed by atoms with Crippen LogP contribution in [-0.4, -0.2) is 29.8 Å². The molecular weight excluding hydrogens is 404 g/mol. The highest BCUT2D eigenvalue weighted by Crippen LogP contribution is 2.32. The number of carbonyl (C=O) groups is 2. The minimum absolute atomic E-state index is 0.376. The predicted molar refractivity (Wildman–Crippen MR) is 114 cm³/mol. The highest BCUT2D eigenvalue weighted by Gasteiger charge is 2.29. The Morgan fingerprint density at radius 2 is 1.55 bits per heavy atom. The van der Waals surface area contributed by atoms with Gasteiger partial charge < -0.3 is 14.8 Å². The van der Waals surface area contributed by atoms with Gasteiger partial charge in [-0.2, -0.15) is 0 Å². The number of hydrogen-bond acceptors (Lipinski definition) is 4. The topological polar surface area (TPSA) is 64.6 Å². The first kappa shape index (κ1) is 24.3. The summed E-state index contributed by atoms with van der Waals surface area (Å²) in [5.74, 6) is -1.87. The number of hydrogen-bond donors (Lipinski definition) is 1. The average Bonchev–Trinajstić information content (AvgIpc) is 2.63. The second kappa shape index (κ2) is 9.90. The van der Waals surface area contributed by atoms with Gasteiger partial charge in [0.25, 0.3) is 0 Å². The Morgan fingerprint density at radius 3 is 2.10 bits per heavy atom. The van der Waals surface area contributed by atoms with Crippen LogP contribution in [0.3, 0.4) is 0 Å². The zero-order chi connectivity index (χ0) is 23.3. The maximum atomic E-state index is 13.6. The summed E-state index contributed by atoms with van der Waals surface area (Å²) in [6.45, 7) is 10.1. The van der Waals surface area contributed by atoms with E-state index in [1.165, 1.54) is 31.2 Å². The highest BCUT2D eigenvalue weighted by molar-refractivity contribution is 5.81. The van der Waals surface area contributed by atoms with Crippen LogP contribution in [0.4, 0.5) is 13.6 Å². The van der Waals surface area contributed by atoms with Crippen LogP contribution in [0.2, 0.25) is 0 Å². The number of esters is 1. The number of ether oxygens (including phenoxy) is 2. The SMILES string of the molecule is Cc1cc(F)ccc1[C@@H](c1ccc(F)cc1)[C@H](C)OC(=O)[C@H](C)NC(=O)OC(C)(C)C. The molecular formula is C24H29F2NO4. The summed E-state index contributed by atoms with van der Waals surface area (Å²) in [5, 5.41) is 2.45. The molecule has 0 fully saturated rings. The lowest BCUT2D eigenvalue weighted by Crippen LogP contribution is -2.43. The standard InChI is InChI=1S/C24H29F2NO4/c1-14-13-19(26)11-12-20(14)21(17-7-9-18(25)10-8-17)16(3)30-22(28)15(2)27-23(29)31-24(4,5)6/h7-13,15-16,21H,1-6H3,(H,27,29)/t15-,16-,21+/m0/s1. The van der Waals surface area contributed by atoms with Crippen LogP contribution in [0.5, 0.6) is 0 Å². The molecule has 1 amide bonds. The van der Waals surface area contributed by atoms with Crippen molar-refractivity contribution >= 4 is 12.1 Å². The van der Waals surface area contributed by atoms with E-state index in [1.807, 2.05) is 0 Å². The van der Waals surface area contributed by atoms with Crippen LogP contribution in [-0.2, 0) is 14.3 Å². The van der Waals surface area contributed by atoms with Crippen LogP contribution in [0.15, 0.2) is 42.5 Å². The van der Waals surface area contributed by atoms with Gasteiger partial charge in [0.05, 0.1) is 0 Å². The monoisotopic (exact) mass is 433 g/mol. The molecule has 0 saturated heterocycles. The molecule has 0 heterocycles.